The van der Waals surface area contributed by atoms with Crippen molar-refractivity contribution in [2.24, 2.45) is 16.5 Å². The van der Waals surface area contributed by atoms with Crippen molar-refractivity contribution in [3.8, 4) is 0 Å². The lowest BCUT2D eigenvalue weighted by Gasteiger charge is -2.35. The van der Waals surface area contributed by atoms with Crippen LogP contribution in [-0.4, -0.2) is 95.8 Å². The summed E-state index contributed by atoms with van der Waals surface area (Å²) in [5, 5.41) is 12.8. The number of nitrogens with one attached hydrogen (secondary N) is 3. The first kappa shape index (κ1) is 34.1. The van der Waals surface area contributed by atoms with Gasteiger partial charge in [0.05, 0.1) is 31.5 Å². The highest BCUT2D eigenvalue weighted by Crippen LogP contribution is 2.42. The number of nitrogens with zero attached hydrogens (tertiary/aromatic N) is 2. The van der Waals surface area contributed by atoms with Crippen molar-refractivity contribution >= 4 is 35.3 Å². The van der Waals surface area contributed by atoms with Gasteiger partial charge >= 0.3 is 6.09 Å². The average Bonchev–Trinajstić information content (AvgIpc) is 3.37. The van der Waals surface area contributed by atoms with E-state index < -0.39 is 64.8 Å². The molecular weight excluding hydrogens is 594 g/mol. The second-order valence-corrected chi connectivity index (χ2v) is 14.9. The zero-order chi connectivity index (χ0) is 33.1. The van der Waals surface area contributed by atoms with Gasteiger partial charge in [-0.2, -0.15) is 0 Å². The van der Waals surface area contributed by atoms with Crippen LogP contribution in [0, 0.1) is 11.3 Å². The average molecular weight is 646 g/mol. The topological polar surface area (TPSA) is 165 Å². The van der Waals surface area contributed by atoms with Crippen LogP contribution >= 0.6 is 0 Å². The molecule has 2 aliphatic carbocycles. The maximum absolute atomic E-state index is 14.4. The Labute approximate surface area is 271 Å². The molecule has 46 heavy (non-hydrogen) atoms. The third kappa shape index (κ3) is 8.19. The Bertz CT molecular complexity index is 1200. The van der Waals surface area contributed by atoms with E-state index in [9.17, 15) is 24.0 Å². The first-order chi connectivity index (χ1) is 21.9. The lowest BCUT2D eigenvalue weighted by molar-refractivity contribution is -0.144. The molecule has 0 bridgehead atoms. The predicted octanol–water partition coefficient (Wildman–Crippen LogP) is 2.75. The molecule has 256 valence electrons. The number of likely N-dealkylation sites (tertiary alicyclic amines) is 1. The molecule has 13 heteroatoms. The molecule has 0 radical (unpaired) electrons. The number of hydrogen-bond donors (Lipinski definition) is 3. The smallest absolute Gasteiger partial charge is 0.408 e. The van der Waals surface area contributed by atoms with Gasteiger partial charge in [0.1, 0.15) is 18.2 Å². The maximum Gasteiger partial charge on any atom is 0.408 e. The molecule has 3 heterocycles. The van der Waals surface area contributed by atoms with Crippen LogP contribution in [0.4, 0.5) is 4.79 Å². The zero-order valence-electron chi connectivity index (χ0n) is 27.7. The van der Waals surface area contributed by atoms with E-state index in [-0.39, 0.29) is 25.4 Å². The molecule has 0 aromatic carbocycles. The van der Waals surface area contributed by atoms with Gasteiger partial charge in [-0.05, 0) is 37.5 Å². The van der Waals surface area contributed by atoms with E-state index >= 15 is 0 Å². The summed E-state index contributed by atoms with van der Waals surface area (Å²) in [6.07, 6.45) is 8.20. The minimum absolute atomic E-state index is 0.00447. The first-order valence-corrected chi connectivity index (χ1v) is 17.1. The molecular formula is C33H51N5O8. The fraction of sp³-hybridized carbons (Fsp3) is 0.818. The highest BCUT2D eigenvalue weighted by atomic mass is 16.7. The normalized spacial score (nSPS) is 27.8. The Morgan fingerprint density at radius 3 is 2.41 bits per heavy atom. The lowest BCUT2D eigenvalue weighted by atomic mass is 9.81. The molecule has 2 saturated heterocycles. The van der Waals surface area contributed by atoms with Gasteiger partial charge in [0.2, 0.25) is 17.6 Å². The summed E-state index contributed by atoms with van der Waals surface area (Å²) in [6, 6.07) is -3.04. The Morgan fingerprint density at radius 1 is 1.04 bits per heavy atom. The molecule has 13 nitrogen and oxygen atoms in total. The molecule has 0 aromatic heterocycles. The van der Waals surface area contributed by atoms with Crippen LogP contribution < -0.4 is 16.0 Å². The number of amides is 4. The van der Waals surface area contributed by atoms with E-state index in [0.717, 1.165) is 44.2 Å². The van der Waals surface area contributed by atoms with Crippen LogP contribution in [0.15, 0.2) is 5.16 Å². The van der Waals surface area contributed by atoms with Gasteiger partial charge in [0.15, 0.2) is 5.60 Å². The van der Waals surface area contributed by atoms with E-state index in [1.54, 1.807) is 0 Å². The Kier molecular flexibility index (Phi) is 10.6. The highest BCUT2D eigenvalue weighted by molar-refractivity contribution is 6.38. The zero-order valence-corrected chi connectivity index (χ0v) is 27.7. The predicted molar refractivity (Wildman–Crippen MR) is 168 cm³/mol. The molecule has 0 aromatic rings. The lowest BCUT2D eigenvalue weighted by Crippen LogP contribution is -2.59. The number of rotatable bonds is 11. The van der Waals surface area contributed by atoms with Crippen molar-refractivity contribution in [3.05, 3.63) is 0 Å². The number of Topliss-reactive ketones (excluding diaryl/α,β-unsaturated/α-hetero) is 1. The standard InChI is InChI=1S/C33H51N5O8/c1-5-9-23(26(39)29(41)34-21-12-13-21)35-28(40)25-17-33(16-24(37-46-33)20-10-7-6-8-11-20)19-38(25)30(42)27(32(2,3)4)36-31(43)45-22-14-15-44-18-22/h20-23,25,27H,5-19H2,1-4H3,(H,34,41)(H,35,40)(H,36,43)/t22-,23-,25-,27+,33+/m0/s1. The van der Waals surface area contributed by atoms with Crippen LogP contribution in [0.3, 0.4) is 0 Å². The number of carbonyl (C=O) groups excluding carboxylic acids is 5. The molecule has 5 aliphatic rings. The fourth-order valence-corrected chi connectivity index (χ4v) is 7.00. The molecule has 1 spiro atoms. The van der Waals surface area contributed by atoms with Gasteiger partial charge in [0.25, 0.3) is 5.91 Å². The molecule has 3 aliphatic heterocycles. The van der Waals surface area contributed by atoms with Crippen LogP contribution in [0.1, 0.15) is 105 Å². The molecule has 5 rings (SSSR count). The third-order valence-electron chi connectivity index (χ3n) is 9.81. The first-order valence-electron chi connectivity index (χ1n) is 17.1. The van der Waals surface area contributed by atoms with Gasteiger partial charge in [-0.3, -0.25) is 19.2 Å². The van der Waals surface area contributed by atoms with Crippen molar-refractivity contribution in [3.63, 3.8) is 0 Å². The van der Waals surface area contributed by atoms with Crippen LogP contribution in [0.5, 0.6) is 0 Å². The summed E-state index contributed by atoms with van der Waals surface area (Å²) in [5.41, 5.74) is -0.667. The van der Waals surface area contributed by atoms with E-state index in [1.807, 2.05) is 27.7 Å². The third-order valence-corrected chi connectivity index (χ3v) is 9.81. The number of hydrogen-bond acceptors (Lipinski definition) is 9. The Hall–Kier alpha value is -3.22. The molecule has 3 N–H and O–H groups in total. The summed E-state index contributed by atoms with van der Waals surface area (Å²) < 4.78 is 10.8. The monoisotopic (exact) mass is 645 g/mol. The molecule has 5 atom stereocenters. The number of carbonyl (C=O) groups is 5. The fourth-order valence-electron chi connectivity index (χ4n) is 7.00. The van der Waals surface area contributed by atoms with Crippen LogP contribution in [0.25, 0.3) is 0 Å². The summed E-state index contributed by atoms with van der Waals surface area (Å²) >= 11 is 0. The van der Waals surface area contributed by atoms with Gasteiger partial charge in [-0.15, -0.1) is 0 Å². The maximum atomic E-state index is 14.4. The molecule has 4 amide bonds. The van der Waals surface area contributed by atoms with E-state index in [1.165, 1.54) is 11.3 Å². The van der Waals surface area contributed by atoms with E-state index in [0.29, 0.717) is 38.4 Å². The van der Waals surface area contributed by atoms with Crippen molar-refractivity contribution in [1.82, 2.24) is 20.9 Å². The van der Waals surface area contributed by atoms with Gasteiger partial charge < -0.3 is 35.2 Å². The number of alkyl carbamates (subject to hydrolysis) is 1. The number of ether oxygens (including phenoxy) is 2. The van der Waals surface area contributed by atoms with Gasteiger partial charge in [0, 0.05) is 31.2 Å². The number of oxime groups is 1. The second-order valence-electron chi connectivity index (χ2n) is 14.9. The minimum atomic E-state index is -1.02. The van der Waals surface area contributed by atoms with Crippen molar-refractivity contribution in [1.29, 1.82) is 0 Å². The number of ketones is 1. The van der Waals surface area contributed by atoms with Gasteiger partial charge in [-0.1, -0.05) is 58.5 Å². The second kappa shape index (κ2) is 14.3. The Morgan fingerprint density at radius 2 is 1.78 bits per heavy atom. The van der Waals surface area contributed by atoms with E-state index in [4.69, 9.17) is 14.3 Å². The summed E-state index contributed by atoms with van der Waals surface area (Å²) in [4.78, 5) is 74.7. The summed E-state index contributed by atoms with van der Waals surface area (Å²) in [7, 11) is 0. The van der Waals surface area contributed by atoms with Crippen molar-refractivity contribution in [2.45, 2.75) is 141 Å². The summed E-state index contributed by atoms with van der Waals surface area (Å²) in [5.74, 6) is -2.07. The minimum Gasteiger partial charge on any atom is -0.444 e. The highest BCUT2D eigenvalue weighted by Gasteiger charge is 2.56. The van der Waals surface area contributed by atoms with Crippen molar-refractivity contribution < 1.29 is 38.3 Å². The summed E-state index contributed by atoms with van der Waals surface area (Å²) in [6.45, 7) is 8.27. The molecule has 2 saturated carbocycles. The van der Waals surface area contributed by atoms with Gasteiger partial charge in [-0.25, -0.2) is 4.79 Å². The van der Waals surface area contributed by atoms with Crippen LogP contribution in [0.2, 0.25) is 0 Å². The largest absolute Gasteiger partial charge is 0.444 e. The molecule has 0 unspecified atom stereocenters. The Balaban J connectivity index is 1.36. The SMILES string of the molecule is CCC[C@H](NC(=O)[C@@H]1C[C@]2(CC(C3CCCCC3)=NO2)CN1C(=O)[C@@H](NC(=O)O[C@H]1CCOC1)C(C)(C)C)C(=O)C(=O)NC1CC1. The van der Waals surface area contributed by atoms with E-state index in [2.05, 4.69) is 21.1 Å². The molecule has 4 fully saturated rings. The van der Waals surface area contributed by atoms with Crippen LogP contribution in [-0.2, 0) is 33.5 Å². The van der Waals surface area contributed by atoms with Crippen molar-refractivity contribution in [2.75, 3.05) is 19.8 Å². The quantitative estimate of drug-likeness (QED) is 0.289.